The van der Waals surface area contributed by atoms with Gasteiger partial charge in [0.1, 0.15) is 0 Å². The first kappa shape index (κ1) is 50.6. The van der Waals surface area contributed by atoms with E-state index in [0.717, 1.165) is 0 Å². The molecule has 408 valence electrons. The lowest BCUT2D eigenvalue weighted by Gasteiger charge is -2.19. The van der Waals surface area contributed by atoms with Gasteiger partial charge in [-0.3, -0.25) is 0 Å². The maximum Gasteiger partial charge on any atom is 0.0434 e. The predicted molar refractivity (Wildman–Crippen MR) is 383 cm³/mol. The van der Waals surface area contributed by atoms with Gasteiger partial charge in [0, 0.05) is 40.3 Å². The Kier molecular flexibility index (Phi) is 11.8. The third kappa shape index (κ3) is 7.97. The molecular weight excluding hydrogens is 1100 g/mol. The molecule has 0 aliphatic heterocycles. The lowest BCUT2D eigenvalue weighted by Crippen LogP contribution is -1.92. The molecule has 16 aromatic carbocycles. The van der Waals surface area contributed by atoms with E-state index < -0.39 is 0 Å². The fraction of sp³-hybridized carbons (Fsp3) is 0. The minimum atomic E-state index is 1.21. The van der Waals surface area contributed by atoms with Crippen LogP contribution in [-0.4, -0.2) is 0 Å². The second-order valence-corrected chi connectivity index (χ2v) is 25.4. The Hall–Kier alpha value is -10.7. The lowest BCUT2D eigenvalue weighted by atomic mass is 9.84. The van der Waals surface area contributed by atoms with Crippen molar-refractivity contribution in [3.05, 3.63) is 315 Å². The molecule has 18 rings (SSSR count). The standard InChI is InChI=1S/C86H52S2/c1-4-22-53(23-5-1)61-37-21-43-77-84(61)75-42-19-38-62(86(75)88-77)55-44-46-57(47-45-55)81-70-32-14-16-34-72(70)83(73-35-17-15-33-71(73)81)65-41-20-39-63-60(36-18-40-64(63)65)59-50-76(54-24-6-2-7-25-54)85-74-49-48-58(51-78(74)87-79(85)52-59)82-68-30-12-10-28-66(68)80(56-26-8-3-9-27-56)67-29-11-13-31-69(67)82/h1-52H. The summed E-state index contributed by atoms with van der Waals surface area (Å²) >= 11 is 3.80. The molecule has 0 atom stereocenters. The molecular formula is C86H52S2. The monoisotopic (exact) mass is 1150 g/mol. The van der Waals surface area contributed by atoms with E-state index in [1.54, 1.807) is 0 Å². The molecule has 0 amide bonds. The number of hydrogen-bond acceptors (Lipinski definition) is 2. The van der Waals surface area contributed by atoms with Crippen LogP contribution in [0.4, 0.5) is 0 Å². The normalized spacial score (nSPS) is 11.9. The zero-order valence-corrected chi connectivity index (χ0v) is 49.5. The summed E-state index contributed by atoms with van der Waals surface area (Å²) in [4.78, 5) is 0. The van der Waals surface area contributed by atoms with E-state index in [1.165, 1.54) is 183 Å². The van der Waals surface area contributed by atoms with Gasteiger partial charge in [-0.25, -0.2) is 0 Å². The molecule has 0 aliphatic rings. The van der Waals surface area contributed by atoms with Crippen LogP contribution in [0.15, 0.2) is 315 Å². The summed E-state index contributed by atoms with van der Waals surface area (Å²) in [6.07, 6.45) is 0. The van der Waals surface area contributed by atoms with E-state index >= 15 is 0 Å². The highest BCUT2D eigenvalue weighted by Gasteiger charge is 2.23. The third-order valence-corrected chi connectivity index (χ3v) is 20.8. The third-order valence-electron chi connectivity index (χ3n) is 18.5. The molecule has 2 heterocycles. The Labute approximate surface area is 517 Å². The molecule has 18 aromatic rings. The quantitative estimate of drug-likeness (QED) is 0.133. The van der Waals surface area contributed by atoms with E-state index in [4.69, 9.17) is 0 Å². The van der Waals surface area contributed by atoms with Crippen LogP contribution in [0, 0.1) is 0 Å². The Bertz CT molecular complexity index is 5720. The van der Waals surface area contributed by atoms with Gasteiger partial charge in [-0.05, 0) is 167 Å². The van der Waals surface area contributed by atoms with Gasteiger partial charge in [0.2, 0.25) is 0 Å². The summed E-state index contributed by atoms with van der Waals surface area (Å²) < 4.78 is 5.19. The SMILES string of the molecule is c1ccc(-c2c3ccccc3c(-c3ccc4c(c3)sc3cc(-c5cccc6c(-c7c8ccccc8c(-c8ccc(-c9cccc%10c9sc9cccc(-c%11ccccc%11)c9%10)cc8)c8ccccc78)cccc56)cc(-c5ccccc5)c34)c3ccccc23)cc1. The van der Waals surface area contributed by atoms with Crippen molar-refractivity contribution < 1.29 is 0 Å². The van der Waals surface area contributed by atoms with Crippen LogP contribution in [0.25, 0.3) is 183 Å². The summed E-state index contributed by atoms with van der Waals surface area (Å²) in [7, 11) is 0. The van der Waals surface area contributed by atoms with E-state index in [0.29, 0.717) is 0 Å². The largest absolute Gasteiger partial charge is 0.135 e. The van der Waals surface area contributed by atoms with Gasteiger partial charge in [0.25, 0.3) is 0 Å². The van der Waals surface area contributed by atoms with E-state index in [1.807, 2.05) is 22.7 Å². The van der Waals surface area contributed by atoms with Gasteiger partial charge in [0.05, 0.1) is 0 Å². The average molecular weight is 1150 g/mol. The van der Waals surface area contributed by atoms with Crippen molar-refractivity contribution >= 4 is 117 Å². The Morgan fingerprint density at radius 2 is 0.534 bits per heavy atom. The molecule has 0 saturated carbocycles. The maximum absolute atomic E-state index is 2.46. The van der Waals surface area contributed by atoms with Crippen LogP contribution in [0.5, 0.6) is 0 Å². The minimum absolute atomic E-state index is 1.21. The summed E-state index contributed by atoms with van der Waals surface area (Å²) in [5.41, 5.74) is 19.9. The maximum atomic E-state index is 2.46. The highest BCUT2D eigenvalue weighted by Crippen LogP contribution is 2.51. The summed E-state index contributed by atoms with van der Waals surface area (Å²) in [6.45, 7) is 0. The van der Waals surface area contributed by atoms with Crippen LogP contribution in [-0.2, 0) is 0 Å². The number of benzene rings is 16. The minimum Gasteiger partial charge on any atom is -0.135 e. The molecule has 0 nitrogen and oxygen atoms in total. The fourth-order valence-electron chi connectivity index (χ4n) is 14.7. The van der Waals surface area contributed by atoms with Crippen molar-refractivity contribution in [3.63, 3.8) is 0 Å². The second kappa shape index (κ2) is 20.5. The van der Waals surface area contributed by atoms with Crippen molar-refractivity contribution in [1.82, 2.24) is 0 Å². The highest BCUT2D eigenvalue weighted by molar-refractivity contribution is 7.26. The molecule has 0 fully saturated rings. The average Bonchev–Trinajstić information content (AvgIpc) is 1.85. The smallest absolute Gasteiger partial charge is 0.0434 e. The van der Waals surface area contributed by atoms with Gasteiger partial charge >= 0.3 is 0 Å². The number of rotatable bonds is 8. The molecule has 0 N–H and O–H groups in total. The Morgan fingerprint density at radius 1 is 0.159 bits per heavy atom. The van der Waals surface area contributed by atoms with Gasteiger partial charge in [0.15, 0.2) is 0 Å². The molecule has 88 heavy (non-hydrogen) atoms. The van der Waals surface area contributed by atoms with Crippen LogP contribution >= 0.6 is 22.7 Å². The fourth-order valence-corrected chi connectivity index (χ4v) is 17.2. The lowest BCUT2D eigenvalue weighted by molar-refractivity contribution is 1.64. The first-order chi connectivity index (χ1) is 43.7. The van der Waals surface area contributed by atoms with Crippen molar-refractivity contribution in [2.75, 3.05) is 0 Å². The van der Waals surface area contributed by atoms with E-state index in [2.05, 4.69) is 315 Å². The molecule has 0 aliphatic carbocycles. The molecule has 2 aromatic heterocycles. The van der Waals surface area contributed by atoms with Crippen LogP contribution in [0.3, 0.4) is 0 Å². The van der Waals surface area contributed by atoms with Crippen molar-refractivity contribution in [1.29, 1.82) is 0 Å². The van der Waals surface area contributed by atoms with Gasteiger partial charge < -0.3 is 0 Å². The van der Waals surface area contributed by atoms with Crippen LogP contribution in [0.2, 0.25) is 0 Å². The Balaban J connectivity index is 0.770. The summed E-state index contributed by atoms with van der Waals surface area (Å²) in [5, 5.41) is 17.7. The number of hydrogen-bond donors (Lipinski definition) is 0. The van der Waals surface area contributed by atoms with Crippen molar-refractivity contribution in [3.8, 4) is 89.0 Å². The summed E-state index contributed by atoms with van der Waals surface area (Å²) in [6, 6.07) is 118. The first-order valence-corrected chi connectivity index (χ1v) is 31.9. The predicted octanol–water partition coefficient (Wildman–Crippen LogP) is 25.5. The number of fused-ring (bicyclic) bond motifs is 11. The van der Waals surface area contributed by atoms with E-state index in [-0.39, 0.29) is 0 Å². The molecule has 0 spiro atoms. The van der Waals surface area contributed by atoms with Crippen LogP contribution in [0.1, 0.15) is 0 Å². The number of thiophene rings is 2. The molecule has 2 heteroatoms. The molecule has 0 saturated heterocycles. The molecule has 0 bridgehead atoms. The molecule has 0 radical (unpaired) electrons. The topological polar surface area (TPSA) is 0 Å². The highest BCUT2D eigenvalue weighted by atomic mass is 32.1. The zero-order valence-electron chi connectivity index (χ0n) is 47.8. The first-order valence-electron chi connectivity index (χ1n) is 30.3. The van der Waals surface area contributed by atoms with Crippen LogP contribution < -0.4 is 0 Å². The zero-order chi connectivity index (χ0) is 57.8. The second-order valence-electron chi connectivity index (χ2n) is 23.2. The molecule has 0 unspecified atom stereocenters. The van der Waals surface area contributed by atoms with Gasteiger partial charge in [-0.15, -0.1) is 22.7 Å². The van der Waals surface area contributed by atoms with Gasteiger partial charge in [-0.1, -0.05) is 291 Å². The Morgan fingerprint density at radius 3 is 1.11 bits per heavy atom. The van der Waals surface area contributed by atoms with Gasteiger partial charge in [-0.2, -0.15) is 0 Å². The van der Waals surface area contributed by atoms with Crippen molar-refractivity contribution in [2.24, 2.45) is 0 Å². The van der Waals surface area contributed by atoms with Crippen molar-refractivity contribution in [2.45, 2.75) is 0 Å². The summed E-state index contributed by atoms with van der Waals surface area (Å²) in [5.74, 6) is 0. The van der Waals surface area contributed by atoms with E-state index in [9.17, 15) is 0 Å².